The van der Waals surface area contributed by atoms with Crippen LogP contribution in [0.2, 0.25) is 0 Å². The van der Waals surface area contributed by atoms with E-state index in [1.165, 1.54) is 6.07 Å². The van der Waals surface area contributed by atoms with E-state index in [1.807, 2.05) is 60.7 Å². The molecule has 0 radical (unpaired) electrons. The summed E-state index contributed by atoms with van der Waals surface area (Å²) in [6, 6.07) is 24.4. The van der Waals surface area contributed by atoms with Gasteiger partial charge in [0.15, 0.2) is 10.6 Å². The van der Waals surface area contributed by atoms with E-state index in [0.29, 0.717) is 39.3 Å². The zero-order valence-electron chi connectivity index (χ0n) is 19.1. The molecule has 0 saturated heterocycles. The van der Waals surface area contributed by atoms with E-state index in [4.69, 9.17) is 21.1 Å². The molecular formula is C28H19N3O4S. The highest BCUT2D eigenvalue weighted by molar-refractivity contribution is 7.71. The molecule has 0 unspecified atom stereocenters. The lowest BCUT2D eigenvalue weighted by Gasteiger charge is -2.12. The lowest BCUT2D eigenvalue weighted by molar-refractivity contribution is 0.551. The van der Waals surface area contributed by atoms with Crippen molar-refractivity contribution in [3.05, 3.63) is 116 Å². The number of rotatable bonds is 4. The third-order valence-electron chi connectivity index (χ3n) is 6.28. The van der Waals surface area contributed by atoms with Gasteiger partial charge in [-0.25, -0.2) is 9.59 Å². The lowest BCUT2D eigenvalue weighted by atomic mass is 9.98. The second-order valence-electron chi connectivity index (χ2n) is 8.47. The van der Waals surface area contributed by atoms with E-state index in [9.17, 15) is 9.59 Å². The fraction of sp³-hybridized carbons (Fsp3) is 0.0714. The molecule has 3 aromatic heterocycles. The van der Waals surface area contributed by atoms with Crippen LogP contribution in [-0.4, -0.2) is 14.8 Å². The lowest BCUT2D eigenvalue weighted by Crippen LogP contribution is -2.12. The summed E-state index contributed by atoms with van der Waals surface area (Å²) in [6.07, 6.45) is 0. The van der Waals surface area contributed by atoms with Crippen molar-refractivity contribution in [2.75, 3.05) is 0 Å². The Morgan fingerprint density at radius 2 is 1.67 bits per heavy atom. The maximum atomic E-state index is 13.2. The first-order valence-electron chi connectivity index (χ1n) is 11.3. The highest BCUT2D eigenvalue weighted by atomic mass is 32.1. The Labute approximate surface area is 209 Å². The summed E-state index contributed by atoms with van der Waals surface area (Å²) in [5, 5.41) is 8.44. The fourth-order valence-corrected chi connectivity index (χ4v) is 4.81. The van der Waals surface area contributed by atoms with Crippen molar-refractivity contribution in [2.45, 2.75) is 13.5 Å². The highest BCUT2D eigenvalue weighted by Gasteiger charge is 2.22. The van der Waals surface area contributed by atoms with Crippen molar-refractivity contribution in [1.29, 1.82) is 0 Å². The monoisotopic (exact) mass is 493 g/mol. The van der Waals surface area contributed by atoms with Crippen LogP contribution in [0.15, 0.2) is 97.3 Å². The standard InChI is InChI=1S/C28H19N3O4S/c1-16-23-21(13-12-19-20(14-22(32)35-25(19)23)18-10-6-3-7-11-18)34-27(33)24(16)26-29-30-28(36)31(26)15-17-8-4-2-5-9-17/h2-14H,15H2,1H3,(H,30,36). The fourth-order valence-electron chi connectivity index (χ4n) is 4.61. The number of fused-ring (bicyclic) bond motifs is 3. The van der Waals surface area contributed by atoms with Gasteiger partial charge in [-0.15, -0.1) is 0 Å². The quantitative estimate of drug-likeness (QED) is 0.188. The Hall–Kier alpha value is -4.56. The number of hydrogen-bond donors (Lipinski definition) is 1. The molecule has 6 rings (SSSR count). The predicted octanol–water partition coefficient (Wildman–Crippen LogP) is 5.84. The number of aromatic amines is 1. The summed E-state index contributed by atoms with van der Waals surface area (Å²) < 4.78 is 13.6. The van der Waals surface area contributed by atoms with Crippen molar-refractivity contribution >= 4 is 34.2 Å². The molecule has 1 N–H and O–H groups in total. The van der Waals surface area contributed by atoms with E-state index in [1.54, 1.807) is 23.6 Å². The van der Waals surface area contributed by atoms with Crippen molar-refractivity contribution in [3.63, 3.8) is 0 Å². The number of aryl methyl sites for hydroxylation is 1. The number of hydrogen-bond acceptors (Lipinski definition) is 6. The Balaban J connectivity index is 1.65. The molecule has 0 aliphatic rings. The molecule has 0 saturated carbocycles. The van der Waals surface area contributed by atoms with Gasteiger partial charge in [0.25, 0.3) is 0 Å². The Bertz CT molecular complexity index is 1930. The van der Waals surface area contributed by atoms with Gasteiger partial charge in [0.05, 0.1) is 11.9 Å². The van der Waals surface area contributed by atoms with E-state index in [-0.39, 0.29) is 5.56 Å². The topological polar surface area (TPSA) is 94.0 Å². The van der Waals surface area contributed by atoms with Gasteiger partial charge in [0.2, 0.25) is 0 Å². The molecule has 36 heavy (non-hydrogen) atoms. The minimum atomic E-state index is -0.552. The summed E-state index contributed by atoms with van der Waals surface area (Å²) in [5.41, 5.74) is 3.10. The Kier molecular flexibility index (Phi) is 5.23. The van der Waals surface area contributed by atoms with Crippen molar-refractivity contribution in [1.82, 2.24) is 14.8 Å². The molecule has 0 aliphatic carbocycles. The summed E-state index contributed by atoms with van der Waals surface area (Å²) >= 11 is 5.47. The van der Waals surface area contributed by atoms with Crippen LogP contribution in [-0.2, 0) is 6.54 Å². The molecule has 3 aromatic carbocycles. The van der Waals surface area contributed by atoms with Gasteiger partial charge in [-0.05, 0) is 53.5 Å². The zero-order chi connectivity index (χ0) is 24.8. The molecule has 0 spiro atoms. The van der Waals surface area contributed by atoms with E-state index in [0.717, 1.165) is 22.1 Å². The maximum Gasteiger partial charge on any atom is 0.347 e. The minimum absolute atomic E-state index is 0.256. The third kappa shape index (κ3) is 3.59. The maximum absolute atomic E-state index is 13.2. The summed E-state index contributed by atoms with van der Waals surface area (Å²) in [6.45, 7) is 2.22. The molecule has 8 heteroatoms. The molecule has 6 aromatic rings. The molecule has 0 aliphatic heterocycles. The third-order valence-corrected chi connectivity index (χ3v) is 6.59. The normalized spacial score (nSPS) is 11.4. The number of benzene rings is 3. The molecule has 0 fully saturated rings. The van der Waals surface area contributed by atoms with Crippen molar-refractivity contribution in [3.8, 4) is 22.5 Å². The molecule has 0 bridgehead atoms. The number of aromatic nitrogens is 3. The average molecular weight is 494 g/mol. The van der Waals surface area contributed by atoms with E-state index >= 15 is 0 Å². The first-order valence-corrected chi connectivity index (χ1v) is 11.7. The Morgan fingerprint density at radius 1 is 0.944 bits per heavy atom. The molecule has 0 amide bonds. The van der Waals surface area contributed by atoms with Crippen LogP contribution in [0, 0.1) is 11.7 Å². The van der Waals surface area contributed by atoms with Gasteiger partial charge in [0.1, 0.15) is 16.7 Å². The van der Waals surface area contributed by atoms with Crippen molar-refractivity contribution < 1.29 is 8.83 Å². The minimum Gasteiger partial charge on any atom is -0.422 e. The predicted molar refractivity (Wildman–Crippen MR) is 141 cm³/mol. The molecular weight excluding hydrogens is 474 g/mol. The van der Waals surface area contributed by atoms with Crippen molar-refractivity contribution in [2.24, 2.45) is 0 Å². The van der Waals surface area contributed by atoms with E-state index < -0.39 is 11.3 Å². The Morgan fingerprint density at radius 3 is 2.42 bits per heavy atom. The van der Waals surface area contributed by atoms with Crippen LogP contribution in [0.1, 0.15) is 11.1 Å². The molecule has 176 valence electrons. The number of nitrogens with one attached hydrogen (secondary N) is 1. The zero-order valence-corrected chi connectivity index (χ0v) is 20.0. The van der Waals surface area contributed by atoms with Crippen LogP contribution in [0.25, 0.3) is 44.5 Å². The summed E-state index contributed by atoms with van der Waals surface area (Å²) in [4.78, 5) is 25.8. The van der Waals surface area contributed by atoms with Crippen LogP contribution < -0.4 is 11.3 Å². The molecule has 3 heterocycles. The van der Waals surface area contributed by atoms with Gasteiger partial charge in [-0.1, -0.05) is 60.7 Å². The second kappa shape index (κ2) is 8.58. The average Bonchev–Trinajstić information content (AvgIpc) is 3.23. The van der Waals surface area contributed by atoms with Gasteiger partial charge in [-0.3, -0.25) is 9.67 Å². The molecule has 0 atom stereocenters. The van der Waals surface area contributed by atoms with Crippen LogP contribution in [0.4, 0.5) is 0 Å². The van der Waals surface area contributed by atoms with Gasteiger partial charge in [0, 0.05) is 11.5 Å². The first kappa shape index (κ1) is 21.9. The van der Waals surface area contributed by atoms with E-state index in [2.05, 4.69) is 10.2 Å². The van der Waals surface area contributed by atoms with Crippen LogP contribution in [0.5, 0.6) is 0 Å². The van der Waals surface area contributed by atoms with Gasteiger partial charge in [-0.2, -0.15) is 5.10 Å². The first-order chi connectivity index (χ1) is 17.5. The number of nitrogens with zero attached hydrogens (tertiary/aromatic N) is 2. The summed E-state index contributed by atoms with van der Waals surface area (Å²) in [7, 11) is 0. The largest absolute Gasteiger partial charge is 0.422 e. The number of H-pyrrole nitrogens is 1. The van der Waals surface area contributed by atoms with Crippen LogP contribution in [0.3, 0.4) is 0 Å². The second-order valence-corrected chi connectivity index (χ2v) is 8.86. The smallest absolute Gasteiger partial charge is 0.347 e. The SMILES string of the molecule is Cc1c(-c2n[nH]c(=S)n2Cc2ccccc2)c(=O)oc2ccc3c(-c4ccccc4)cc(=O)oc3c12. The molecule has 7 nitrogen and oxygen atoms in total. The van der Waals surface area contributed by atoms with Gasteiger partial charge < -0.3 is 8.83 Å². The van der Waals surface area contributed by atoms with Gasteiger partial charge >= 0.3 is 11.3 Å². The highest BCUT2D eigenvalue weighted by Crippen LogP contribution is 2.35. The van der Waals surface area contributed by atoms with Crippen LogP contribution >= 0.6 is 12.2 Å². The summed E-state index contributed by atoms with van der Waals surface area (Å²) in [5.74, 6) is 0.357.